The van der Waals surface area contributed by atoms with E-state index in [-0.39, 0.29) is 6.04 Å². The minimum absolute atomic E-state index is 0.106. The van der Waals surface area contributed by atoms with Gasteiger partial charge in [-0.2, -0.15) is 0 Å². The van der Waals surface area contributed by atoms with Gasteiger partial charge in [0.25, 0.3) is 0 Å². The Kier molecular flexibility index (Phi) is 5.59. The van der Waals surface area contributed by atoms with Gasteiger partial charge in [0, 0.05) is 13.1 Å². The highest BCUT2D eigenvalue weighted by Crippen LogP contribution is 2.20. The van der Waals surface area contributed by atoms with Gasteiger partial charge in [0.15, 0.2) is 0 Å². The molecular weight excluding hydrogens is 228 g/mol. The summed E-state index contributed by atoms with van der Waals surface area (Å²) in [6.45, 7) is 11.7. The van der Waals surface area contributed by atoms with E-state index in [0.717, 1.165) is 13.0 Å². The van der Waals surface area contributed by atoms with Crippen molar-refractivity contribution in [3.05, 3.63) is 5.89 Å². The van der Waals surface area contributed by atoms with E-state index >= 15 is 0 Å². The standard InChI is InChI=1S/C13H26N4O/c1-7-8-14-10(4)12-15-16-13(18-12)17(6)11(5)9(2)3/h9-11,14H,7-8H2,1-6H3. The first-order chi connectivity index (χ1) is 8.47. The Morgan fingerprint density at radius 3 is 2.44 bits per heavy atom. The molecule has 5 nitrogen and oxygen atoms in total. The van der Waals surface area contributed by atoms with Crippen molar-refractivity contribution in [2.45, 2.75) is 53.1 Å². The van der Waals surface area contributed by atoms with Gasteiger partial charge in [-0.15, -0.1) is 5.10 Å². The molecule has 2 atom stereocenters. The number of hydrogen-bond acceptors (Lipinski definition) is 5. The number of anilines is 1. The molecule has 0 spiro atoms. The second-order valence-corrected chi connectivity index (χ2v) is 5.19. The first kappa shape index (κ1) is 15.0. The van der Waals surface area contributed by atoms with Crippen molar-refractivity contribution in [2.75, 3.05) is 18.5 Å². The van der Waals surface area contributed by atoms with Crippen LogP contribution in [0, 0.1) is 5.92 Å². The van der Waals surface area contributed by atoms with Crippen LogP contribution in [0.5, 0.6) is 0 Å². The van der Waals surface area contributed by atoms with Crippen molar-refractivity contribution in [3.8, 4) is 0 Å². The molecule has 1 N–H and O–H groups in total. The maximum absolute atomic E-state index is 5.72. The number of nitrogens with zero attached hydrogens (tertiary/aromatic N) is 3. The highest BCUT2D eigenvalue weighted by atomic mass is 16.4. The minimum atomic E-state index is 0.106. The Hall–Kier alpha value is -1.10. The molecule has 1 rings (SSSR count). The van der Waals surface area contributed by atoms with E-state index in [1.54, 1.807) is 0 Å². The first-order valence-corrected chi connectivity index (χ1v) is 6.77. The SMILES string of the molecule is CCCNC(C)c1nnc(N(C)C(C)C(C)C)o1. The summed E-state index contributed by atoms with van der Waals surface area (Å²) in [5, 5.41) is 11.6. The average molecular weight is 254 g/mol. The molecule has 0 amide bonds. The maximum Gasteiger partial charge on any atom is 0.318 e. The topological polar surface area (TPSA) is 54.2 Å². The summed E-state index contributed by atoms with van der Waals surface area (Å²) in [7, 11) is 1.99. The Morgan fingerprint density at radius 1 is 1.22 bits per heavy atom. The van der Waals surface area contributed by atoms with Crippen LogP contribution in [0.15, 0.2) is 4.42 Å². The van der Waals surface area contributed by atoms with E-state index in [1.165, 1.54) is 0 Å². The Morgan fingerprint density at radius 2 is 1.89 bits per heavy atom. The van der Waals surface area contributed by atoms with Crippen LogP contribution in [0.1, 0.15) is 53.0 Å². The van der Waals surface area contributed by atoms with Crippen LogP contribution in [0.25, 0.3) is 0 Å². The third-order valence-electron chi connectivity index (χ3n) is 3.38. The molecule has 1 aromatic heterocycles. The minimum Gasteiger partial charge on any atom is -0.406 e. The van der Waals surface area contributed by atoms with Gasteiger partial charge < -0.3 is 14.6 Å². The summed E-state index contributed by atoms with van der Waals surface area (Å²) in [5.74, 6) is 1.20. The van der Waals surface area contributed by atoms with Gasteiger partial charge in [-0.3, -0.25) is 0 Å². The summed E-state index contributed by atoms with van der Waals surface area (Å²) in [4.78, 5) is 2.04. The zero-order valence-corrected chi connectivity index (χ0v) is 12.4. The van der Waals surface area contributed by atoms with E-state index in [1.807, 2.05) is 18.9 Å². The molecule has 0 aliphatic rings. The van der Waals surface area contributed by atoms with Crippen LogP contribution in [0.3, 0.4) is 0 Å². The van der Waals surface area contributed by atoms with Crippen LogP contribution in [-0.2, 0) is 0 Å². The Balaban J connectivity index is 2.67. The third kappa shape index (κ3) is 3.70. The lowest BCUT2D eigenvalue weighted by Gasteiger charge is -2.25. The molecule has 0 radical (unpaired) electrons. The van der Waals surface area contributed by atoms with Crippen molar-refractivity contribution in [1.82, 2.24) is 15.5 Å². The monoisotopic (exact) mass is 254 g/mol. The highest BCUT2D eigenvalue weighted by Gasteiger charge is 2.20. The molecule has 0 aromatic carbocycles. The van der Waals surface area contributed by atoms with Gasteiger partial charge in [0.05, 0.1) is 6.04 Å². The van der Waals surface area contributed by atoms with Crippen molar-refractivity contribution < 1.29 is 4.42 Å². The fourth-order valence-electron chi connectivity index (χ4n) is 1.61. The van der Waals surface area contributed by atoms with Gasteiger partial charge >= 0.3 is 6.01 Å². The van der Waals surface area contributed by atoms with Crippen molar-refractivity contribution in [1.29, 1.82) is 0 Å². The fourth-order valence-corrected chi connectivity index (χ4v) is 1.61. The second-order valence-electron chi connectivity index (χ2n) is 5.19. The Labute approximate surface area is 110 Å². The molecule has 2 unspecified atom stereocenters. The first-order valence-electron chi connectivity index (χ1n) is 6.77. The summed E-state index contributed by atoms with van der Waals surface area (Å²) in [6, 6.07) is 1.07. The molecule has 1 aromatic rings. The summed E-state index contributed by atoms with van der Waals surface area (Å²) >= 11 is 0. The van der Waals surface area contributed by atoms with Crippen LogP contribution >= 0.6 is 0 Å². The predicted octanol–water partition coefficient (Wildman–Crippen LogP) is 2.61. The second kappa shape index (κ2) is 6.73. The largest absolute Gasteiger partial charge is 0.406 e. The molecule has 1 heterocycles. The molecule has 0 aliphatic heterocycles. The summed E-state index contributed by atoms with van der Waals surface area (Å²) in [6.07, 6.45) is 1.09. The normalized spacial score (nSPS) is 14.8. The van der Waals surface area contributed by atoms with E-state index < -0.39 is 0 Å². The Bertz CT molecular complexity index is 351. The molecule has 0 saturated heterocycles. The van der Waals surface area contributed by atoms with Crippen LogP contribution in [0.4, 0.5) is 6.01 Å². The zero-order chi connectivity index (χ0) is 13.7. The van der Waals surface area contributed by atoms with Crippen molar-refractivity contribution >= 4 is 6.01 Å². The quantitative estimate of drug-likeness (QED) is 0.810. The lowest BCUT2D eigenvalue weighted by molar-refractivity contribution is 0.400. The average Bonchev–Trinajstić information content (AvgIpc) is 2.83. The highest BCUT2D eigenvalue weighted by molar-refractivity contribution is 5.24. The van der Waals surface area contributed by atoms with Gasteiger partial charge in [0.1, 0.15) is 0 Å². The van der Waals surface area contributed by atoms with Gasteiger partial charge in [-0.05, 0) is 32.7 Å². The van der Waals surface area contributed by atoms with Gasteiger partial charge in [-0.1, -0.05) is 25.9 Å². The zero-order valence-electron chi connectivity index (χ0n) is 12.4. The summed E-state index contributed by atoms with van der Waals surface area (Å²) in [5.41, 5.74) is 0. The molecule has 0 fully saturated rings. The lowest BCUT2D eigenvalue weighted by Crippen LogP contribution is -2.33. The van der Waals surface area contributed by atoms with E-state index in [4.69, 9.17) is 4.42 Å². The summed E-state index contributed by atoms with van der Waals surface area (Å²) < 4.78 is 5.72. The molecule has 0 saturated carbocycles. The predicted molar refractivity (Wildman–Crippen MR) is 73.7 cm³/mol. The number of aromatic nitrogens is 2. The van der Waals surface area contributed by atoms with Gasteiger partial charge in [-0.25, -0.2) is 0 Å². The number of hydrogen-bond donors (Lipinski definition) is 1. The van der Waals surface area contributed by atoms with Crippen molar-refractivity contribution in [2.24, 2.45) is 5.92 Å². The number of nitrogens with one attached hydrogen (secondary N) is 1. The molecule has 18 heavy (non-hydrogen) atoms. The van der Waals surface area contributed by atoms with Crippen LogP contribution in [-0.4, -0.2) is 29.8 Å². The molecule has 5 heteroatoms. The molecule has 0 bridgehead atoms. The molecule has 104 valence electrons. The van der Waals surface area contributed by atoms with E-state index in [9.17, 15) is 0 Å². The van der Waals surface area contributed by atoms with Crippen molar-refractivity contribution in [3.63, 3.8) is 0 Å². The van der Waals surface area contributed by atoms with Gasteiger partial charge in [0.2, 0.25) is 5.89 Å². The third-order valence-corrected chi connectivity index (χ3v) is 3.38. The fraction of sp³-hybridized carbons (Fsp3) is 0.846. The molecular formula is C13H26N4O. The molecule has 0 aliphatic carbocycles. The van der Waals surface area contributed by atoms with Crippen LogP contribution < -0.4 is 10.2 Å². The van der Waals surface area contributed by atoms with E-state index in [2.05, 4.69) is 43.2 Å². The van der Waals surface area contributed by atoms with Crippen LogP contribution in [0.2, 0.25) is 0 Å². The smallest absolute Gasteiger partial charge is 0.318 e. The van der Waals surface area contributed by atoms with E-state index in [0.29, 0.717) is 23.9 Å². The lowest BCUT2D eigenvalue weighted by atomic mass is 10.1. The maximum atomic E-state index is 5.72. The number of rotatable bonds is 7.